The molecular formula is C20H22FN3O. The van der Waals surface area contributed by atoms with Crippen LogP contribution in [0.1, 0.15) is 35.3 Å². The van der Waals surface area contributed by atoms with Crippen LogP contribution in [-0.4, -0.2) is 33.4 Å². The summed E-state index contributed by atoms with van der Waals surface area (Å²) < 4.78 is 15.8. The molecule has 0 N–H and O–H groups in total. The topological polar surface area (TPSA) is 38.1 Å². The number of carbonyl (C=O) groups excluding carboxylic acids is 1. The van der Waals surface area contributed by atoms with Crippen LogP contribution in [0, 0.1) is 19.7 Å². The predicted octanol–water partition coefficient (Wildman–Crippen LogP) is 4.26. The summed E-state index contributed by atoms with van der Waals surface area (Å²) in [5.41, 5.74) is 4.07. The molecule has 0 radical (unpaired) electrons. The van der Waals surface area contributed by atoms with Gasteiger partial charge in [0.25, 0.3) is 5.91 Å². The summed E-state index contributed by atoms with van der Waals surface area (Å²) in [5.74, 6) is -0.628. The second kappa shape index (κ2) is 6.31. The highest BCUT2D eigenvalue weighted by Gasteiger charge is 2.21. The molecule has 2 aromatic heterocycles. The van der Waals surface area contributed by atoms with Gasteiger partial charge >= 0.3 is 0 Å². The molecular weight excluding hydrogens is 317 g/mol. The Labute approximate surface area is 146 Å². The van der Waals surface area contributed by atoms with E-state index < -0.39 is 5.82 Å². The maximum Gasteiger partial charge on any atom is 0.256 e. The smallest absolute Gasteiger partial charge is 0.256 e. The Bertz CT molecular complexity index is 959. The van der Waals surface area contributed by atoms with Crippen molar-refractivity contribution in [2.45, 2.75) is 33.7 Å². The quantitative estimate of drug-likeness (QED) is 0.715. The van der Waals surface area contributed by atoms with Gasteiger partial charge in [-0.2, -0.15) is 0 Å². The van der Waals surface area contributed by atoms with E-state index in [1.165, 1.54) is 12.1 Å². The standard InChI is InChI=1S/C20H22FN3O/c1-12(2)23(5)20(25)16-8-15(21)6-7-17(16)24-11-14(4)19-13(3)9-22-10-18(19)24/h6-12H,1-5H3. The highest BCUT2D eigenvalue weighted by molar-refractivity contribution is 5.99. The maximum atomic E-state index is 13.9. The van der Waals surface area contributed by atoms with Crippen LogP contribution in [0.15, 0.2) is 36.8 Å². The number of amides is 1. The number of aromatic nitrogens is 2. The lowest BCUT2D eigenvalue weighted by atomic mass is 10.1. The van der Waals surface area contributed by atoms with E-state index >= 15 is 0 Å². The van der Waals surface area contributed by atoms with Gasteiger partial charge in [0.2, 0.25) is 0 Å². The minimum Gasteiger partial charge on any atom is -0.339 e. The van der Waals surface area contributed by atoms with Crippen LogP contribution in [0.25, 0.3) is 16.6 Å². The van der Waals surface area contributed by atoms with E-state index in [-0.39, 0.29) is 11.9 Å². The summed E-state index contributed by atoms with van der Waals surface area (Å²) in [4.78, 5) is 18.8. The fourth-order valence-corrected chi connectivity index (χ4v) is 3.09. The minimum absolute atomic E-state index is 0.0238. The number of nitrogens with zero attached hydrogens (tertiary/aromatic N) is 3. The number of rotatable bonds is 3. The second-order valence-corrected chi connectivity index (χ2v) is 6.70. The molecule has 0 saturated carbocycles. The molecule has 1 aromatic carbocycles. The van der Waals surface area contributed by atoms with Crippen LogP contribution >= 0.6 is 0 Å². The van der Waals surface area contributed by atoms with E-state index in [1.54, 1.807) is 24.2 Å². The molecule has 0 fully saturated rings. The molecule has 0 bridgehead atoms. The van der Waals surface area contributed by atoms with Crippen LogP contribution < -0.4 is 0 Å². The average Bonchev–Trinajstić information content (AvgIpc) is 2.91. The molecule has 0 aliphatic heterocycles. The van der Waals surface area contributed by atoms with E-state index in [9.17, 15) is 9.18 Å². The van der Waals surface area contributed by atoms with Crippen molar-refractivity contribution in [1.29, 1.82) is 0 Å². The van der Waals surface area contributed by atoms with Crippen LogP contribution in [-0.2, 0) is 0 Å². The fourth-order valence-electron chi connectivity index (χ4n) is 3.09. The third-order valence-electron chi connectivity index (χ3n) is 4.64. The van der Waals surface area contributed by atoms with Gasteiger partial charge in [0.15, 0.2) is 0 Å². The summed E-state index contributed by atoms with van der Waals surface area (Å²) >= 11 is 0. The first kappa shape index (κ1) is 17.1. The van der Waals surface area contributed by atoms with E-state index in [4.69, 9.17) is 0 Å². The average molecular weight is 339 g/mol. The molecule has 3 rings (SSSR count). The van der Waals surface area contributed by atoms with E-state index in [0.717, 1.165) is 22.0 Å². The molecule has 4 nitrogen and oxygen atoms in total. The lowest BCUT2D eigenvalue weighted by Gasteiger charge is -2.23. The van der Waals surface area contributed by atoms with Gasteiger partial charge in [-0.25, -0.2) is 4.39 Å². The Morgan fingerprint density at radius 3 is 2.60 bits per heavy atom. The van der Waals surface area contributed by atoms with Crippen molar-refractivity contribution in [3.63, 3.8) is 0 Å². The Hall–Kier alpha value is -2.69. The van der Waals surface area contributed by atoms with Crippen molar-refractivity contribution in [2.24, 2.45) is 0 Å². The number of benzene rings is 1. The number of pyridine rings is 1. The van der Waals surface area contributed by atoms with E-state index in [0.29, 0.717) is 11.3 Å². The first-order valence-electron chi connectivity index (χ1n) is 8.30. The van der Waals surface area contributed by atoms with Crippen LogP contribution in [0.4, 0.5) is 4.39 Å². The number of aryl methyl sites for hydroxylation is 2. The zero-order valence-electron chi connectivity index (χ0n) is 15.2. The summed E-state index contributed by atoms with van der Waals surface area (Å²) in [6.45, 7) is 7.89. The molecule has 5 heteroatoms. The molecule has 3 aromatic rings. The molecule has 130 valence electrons. The monoisotopic (exact) mass is 339 g/mol. The van der Waals surface area contributed by atoms with Crippen molar-refractivity contribution in [3.05, 3.63) is 59.3 Å². The van der Waals surface area contributed by atoms with Crippen LogP contribution in [0.3, 0.4) is 0 Å². The van der Waals surface area contributed by atoms with Gasteiger partial charge in [-0.1, -0.05) is 0 Å². The molecule has 25 heavy (non-hydrogen) atoms. The lowest BCUT2D eigenvalue weighted by molar-refractivity contribution is 0.0754. The molecule has 0 aliphatic rings. The highest BCUT2D eigenvalue weighted by Crippen LogP contribution is 2.28. The van der Waals surface area contributed by atoms with E-state index in [2.05, 4.69) is 4.98 Å². The maximum absolute atomic E-state index is 13.9. The Balaban J connectivity index is 2.26. The molecule has 0 spiro atoms. The SMILES string of the molecule is Cc1cncc2c1c(C)cn2-c1ccc(F)cc1C(=O)N(C)C(C)C. The normalized spacial score (nSPS) is 11.3. The van der Waals surface area contributed by atoms with Crippen molar-refractivity contribution in [3.8, 4) is 5.69 Å². The first-order chi connectivity index (χ1) is 11.8. The Morgan fingerprint density at radius 1 is 1.20 bits per heavy atom. The molecule has 0 unspecified atom stereocenters. The van der Waals surface area contributed by atoms with Crippen molar-refractivity contribution < 1.29 is 9.18 Å². The zero-order valence-corrected chi connectivity index (χ0v) is 15.2. The number of hydrogen-bond acceptors (Lipinski definition) is 2. The van der Waals surface area contributed by atoms with Crippen molar-refractivity contribution >= 4 is 16.8 Å². The van der Waals surface area contributed by atoms with Gasteiger partial charge in [0, 0.05) is 30.9 Å². The van der Waals surface area contributed by atoms with Crippen molar-refractivity contribution in [1.82, 2.24) is 14.5 Å². The first-order valence-corrected chi connectivity index (χ1v) is 8.30. The Kier molecular flexibility index (Phi) is 4.33. The fraction of sp³-hybridized carbons (Fsp3) is 0.300. The summed E-state index contributed by atoms with van der Waals surface area (Å²) in [6.07, 6.45) is 5.57. The van der Waals surface area contributed by atoms with Crippen LogP contribution in [0.2, 0.25) is 0 Å². The van der Waals surface area contributed by atoms with Crippen LogP contribution in [0.5, 0.6) is 0 Å². The van der Waals surface area contributed by atoms with Crippen molar-refractivity contribution in [2.75, 3.05) is 7.05 Å². The molecule has 1 amide bonds. The highest BCUT2D eigenvalue weighted by atomic mass is 19.1. The number of hydrogen-bond donors (Lipinski definition) is 0. The molecule has 0 atom stereocenters. The second-order valence-electron chi connectivity index (χ2n) is 6.70. The van der Waals surface area contributed by atoms with Gasteiger partial charge in [-0.3, -0.25) is 9.78 Å². The predicted molar refractivity (Wildman–Crippen MR) is 97.7 cm³/mol. The number of halogens is 1. The Morgan fingerprint density at radius 2 is 1.92 bits per heavy atom. The summed E-state index contributed by atoms with van der Waals surface area (Å²) in [5, 5.41) is 1.11. The number of fused-ring (bicyclic) bond motifs is 1. The van der Waals surface area contributed by atoms with Gasteiger partial charge in [0.1, 0.15) is 5.82 Å². The number of carbonyl (C=O) groups is 1. The molecule has 2 heterocycles. The molecule has 0 aliphatic carbocycles. The molecule has 0 saturated heterocycles. The van der Waals surface area contributed by atoms with E-state index in [1.807, 2.05) is 44.7 Å². The minimum atomic E-state index is -0.424. The third kappa shape index (κ3) is 2.90. The summed E-state index contributed by atoms with van der Waals surface area (Å²) in [7, 11) is 1.73. The third-order valence-corrected chi connectivity index (χ3v) is 4.64. The van der Waals surface area contributed by atoms with Gasteiger partial charge in [0.05, 0.1) is 23.0 Å². The lowest BCUT2D eigenvalue weighted by Crippen LogP contribution is -2.33. The summed E-state index contributed by atoms with van der Waals surface area (Å²) in [6, 6.07) is 4.36. The van der Waals surface area contributed by atoms with Gasteiger partial charge < -0.3 is 9.47 Å². The largest absolute Gasteiger partial charge is 0.339 e. The van der Waals surface area contributed by atoms with Gasteiger partial charge in [-0.05, 0) is 57.0 Å². The van der Waals surface area contributed by atoms with Gasteiger partial charge in [-0.15, -0.1) is 0 Å². The zero-order chi connectivity index (χ0) is 18.3.